The Kier molecular flexibility index (Phi) is 6.78. The quantitative estimate of drug-likeness (QED) is 0.235. The van der Waals surface area contributed by atoms with Crippen molar-refractivity contribution in [3.05, 3.63) is 12.7 Å². The van der Waals surface area contributed by atoms with Crippen LogP contribution in [0.15, 0.2) is 17.8 Å². The molecule has 0 radical (unpaired) electrons. The summed E-state index contributed by atoms with van der Waals surface area (Å²) in [4.78, 5) is 41.2. The van der Waals surface area contributed by atoms with Gasteiger partial charge >= 0.3 is 5.97 Å². The SMILES string of the molecule is C=CCO/N=C1/CC[C@@H](C(=O)OC)C(=O)[C@@H]1C(=O)CCC. The largest absolute Gasteiger partial charge is 0.468 e. The molecule has 0 heterocycles. The molecule has 0 aromatic rings. The number of carbonyl (C=O) groups excluding carboxylic acids is 3. The Morgan fingerprint density at radius 3 is 2.76 bits per heavy atom. The lowest BCUT2D eigenvalue weighted by atomic mass is 9.76. The first-order valence-corrected chi connectivity index (χ1v) is 7.00. The van der Waals surface area contributed by atoms with Crippen LogP contribution in [0.3, 0.4) is 0 Å². The third-order valence-corrected chi connectivity index (χ3v) is 3.33. The predicted molar refractivity (Wildman–Crippen MR) is 76.7 cm³/mol. The summed E-state index contributed by atoms with van der Waals surface area (Å²) < 4.78 is 4.63. The number of ketones is 2. The van der Waals surface area contributed by atoms with Gasteiger partial charge in [-0.25, -0.2) is 0 Å². The number of Topliss-reactive ketones (excluding diaryl/α,β-unsaturated/α-hetero) is 2. The summed E-state index contributed by atoms with van der Waals surface area (Å²) in [6.45, 7) is 5.56. The van der Waals surface area contributed by atoms with Gasteiger partial charge in [-0.1, -0.05) is 24.7 Å². The van der Waals surface area contributed by atoms with E-state index >= 15 is 0 Å². The molecule has 0 bridgehead atoms. The molecule has 0 aromatic carbocycles. The van der Waals surface area contributed by atoms with E-state index in [0.29, 0.717) is 18.6 Å². The van der Waals surface area contributed by atoms with Crippen LogP contribution in [-0.2, 0) is 24.0 Å². The Bertz CT molecular complexity index is 455. The van der Waals surface area contributed by atoms with Crippen LogP contribution in [0.2, 0.25) is 0 Å². The molecule has 0 aromatic heterocycles. The van der Waals surface area contributed by atoms with Crippen molar-refractivity contribution in [3.8, 4) is 0 Å². The third-order valence-electron chi connectivity index (χ3n) is 3.33. The van der Waals surface area contributed by atoms with Gasteiger partial charge in [0.25, 0.3) is 0 Å². The molecule has 1 saturated carbocycles. The van der Waals surface area contributed by atoms with Crippen molar-refractivity contribution in [1.82, 2.24) is 0 Å². The van der Waals surface area contributed by atoms with E-state index < -0.39 is 23.6 Å². The summed E-state index contributed by atoms with van der Waals surface area (Å²) >= 11 is 0. The standard InChI is InChI=1S/C15H21NO5/c1-4-6-12(17)13-11(16-21-9-5-2)8-7-10(14(13)18)15(19)20-3/h5,10,13H,2,4,6-9H2,1,3H3/b16-11-/t10-,13+/m1/s1. The molecule has 6 heteroatoms. The van der Waals surface area contributed by atoms with E-state index in [1.165, 1.54) is 13.2 Å². The maximum Gasteiger partial charge on any atom is 0.316 e. The average Bonchev–Trinajstić information content (AvgIpc) is 2.47. The highest BCUT2D eigenvalue weighted by Crippen LogP contribution is 2.27. The second kappa shape index (κ2) is 8.34. The lowest BCUT2D eigenvalue weighted by Gasteiger charge is -2.26. The van der Waals surface area contributed by atoms with Crippen molar-refractivity contribution in [1.29, 1.82) is 0 Å². The smallest absolute Gasteiger partial charge is 0.316 e. The Hall–Kier alpha value is -1.98. The number of hydrogen-bond acceptors (Lipinski definition) is 6. The minimum absolute atomic E-state index is 0.201. The first-order chi connectivity index (χ1) is 10.1. The zero-order chi connectivity index (χ0) is 15.8. The number of oxime groups is 1. The molecular weight excluding hydrogens is 274 g/mol. The van der Waals surface area contributed by atoms with Gasteiger partial charge in [0.15, 0.2) is 5.78 Å². The van der Waals surface area contributed by atoms with E-state index in [2.05, 4.69) is 16.5 Å². The first kappa shape index (κ1) is 17.1. The van der Waals surface area contributed by atoms with Gasteiger partial charge in [-0.2, -0.15) is 0 Å². The number of carbonyl (C=O) groups is 3. The molecule has 1 rings (SSSR count). The van der Waals surface area contributed by atoms with Gasteiger partial charge in [0.05, 0.1) is 12.8 Å². The summed E-state index contributed by atoms with van der Waals surface area (Å²) in [7, 11) is 1.23. The molecule has 1 aliphatic rings. The van der Waals surface area contributed by atoms with E-state index in [1.807, 2.05) is 6.92 Å². The topological polar surface area (TPSA) is 82.0 Å². The zero-order valence-corrected chi connectivity index (χ0v) is 12.5. The lowest BCUT2D eigenvalue weighted by molar-refractivity contribution is -0.151. The van der Waals surface area contributed by atoms with Crippen molar-refractivity contribution in [2.45, 2.75) is 32.6 Å². The van der Waals surface area contributed by atoms with Gasteiger partial charge in [-0.05, 0) is 19.3 Å². The van der Waals surface area contributed by atoms with Crippen LogP contribution in [0.5, 0.6) is 0 Å². The molecule has 21 heavy (non-hydrogen) atoms. The van der Waals surface area contributed by atoms with Crippen molar-refractivity contribution in [2.75, 3.05) is 13.7 Å². The van der Waals surface area contributed by atoms with E-state index in [9.17, 15) is 14.4 Å². The molecule has 0 unspecified atom stereocenters. The first-order valence-electron chi connectivity index (χ1n) is 7.00. The van der Waals surface area contributed by atoms with Crippen molar-refractivity contribution in [2.24, 2.45) is 17.0 Å². The molecule has 116 valence electrons. The molecule has 0 amide bonds. The summed E-state index contributed by atoms with van der Waals surface area (Å²) in [5.41, 5.74) is 0.389. The van der Waals surface area contributed by atoms with Crippen LogP contribution in [-0.4, -0.2) is 37.0 Å². The van der Waals surface area contributed by atoms with Gasteiger partial charge in [0.2, 0.25) is 0 Å². The highest BCUT2D eigenvalue weighted by atomic mass is 16.6. The normalized spacial score (nSPS) is 23.7. The van der Waals surface area contributed by atoms with Gasteiger partial charge in [0, 0.05) is 6.42 Å². The van der Waals surface area contributed by atoms with Crippen LogP contribution in [0.25, 0.3) is 0 Å². The van der Waals surface area contributed by atoms with E-state index in [-0.39, 0.29) is 25.2 Å². The number of nitrogens with zero attached hydrogens (tertiary/aromatic N) is 1. The molecule has 0 N–H and O–H groups in total. The van der Waals surface area contributed by atoms with E-state index in [1.54, 1.807) is 0 Å². The van der Waals surface area contributed by atoms with Gasteiger partial charge in [-0.3, -0.25) is 14.4 Å². The second-order valence-corrected chi connectivity index (χ2v) is 4.83. The monoisotopic (exact) mass is 295 g/mol. The summed E-state index contributed by atoms with van der Waals surface area (Å²) in [5.74, 6) is -3.14. The number of esters is 1. The van der Waals surface area contributed by atoms with Crippen LogP contribution in [0.1, 0.15) is 32.6 Å². The summed E-state index contributed by atoms with van der Waals surface area (Å²) in [6.07, 6.45) is 3.08. The number of hydrogen-bond donors (Lipinski definition) is 0. The Morgan fingerprint density at radius 2 is 2.19 bits per heavy atom. The Labute approximate surface area is 124 Å². The van der Waals surface area contributed by atoms with Crippen LogP contribution < -0.4 is 0 Å². The van der Waals surface area contributed by atoms with Crippen LogP contribution >= 0.6 is 0 Å². The third kappa shape index (κ3) is 4.24. The summed E-state index contributed by atoms with van der Waals surface area (Å²) in [6, 6.07) is 0. The van der Waals surface area contributed by atoms with Gasteiger partial charge < -0.3 is 9.57 Å². The minimum Gasteiger partial charge on any atom is -0.468 e. The van der Waals surface area contributed by atoms with Crippen molar-refractivity contribution < 1.29 is 24.0 Å². The molecule has 0 saturated heterocycles. The Balaban J connectivity index is 2.98. The molecule has 6 nitrogen and oxygen atoms in total. The maximum atomic E-state index is 12.4. The van der Waals surface area contributed by atoms with Crippen LogP contribution in [0, 0.1) is 11.8 Å². The lowest BCUT2D eigenvalue weighted by Crippen LogP contribution is -2.43. The molecule has 0 aliphatic heterocycles. The summed E-state index contributed by atoms with van der Waals surface area (Å²) in [5, 5.41) is 3.88. The van der Waals surface area contributed by atoms with Gasteiger partial charge in [-0.15, -0.1) is 0 Å². The number of ether oxygens (including phenoxy) is 1. The maximum absolute atomic E-state index is 12.4. The average molecular weight is 295 g/mol. The molecule has 1 fully saturated rings. The van der Waals surface area contributed by atoms with Crippen LogP contribution in [0.4, 0.5) is 0 Å². The van der Waals surface area contributed by atoms with Crippen molar-refractivity contribution in [3.63, 3.8) is 0 Å². The highest BCUT2D eigenvalue weighted by Gasteiger charge is 2.43. The number of rotatable bonds is 7. The Morgan fingerprint density at radius 1 is 1.48 bits per heavy atom. The van der Waals surface area contributed by atoms with E-state index in [0.717, 1.165) is 0 Å². The second-order valence-electron chi connectivity index (χ2n) is 4.83. The molecule has 2 atom stereocenters. The predicted octanol–water partition coefficient (Wildman–Crippen LogP) is 1.68. The number of methoxy groups -OCH3 is 1. The highest BCUT2D eigenvalue weighted by molar-refractivity contribution is 6.25. The fraction of sp³-hybridized carbons (Fsp3) is 0.600. The minimum atomic E-state index is -0.993. The fourth-order valence-electron chi connectivity index (χ4n) is 2.33. The fourth-order valence-corrected chi connectivity index (χ4v) is 2.33. The molecule has 0 spiro atoms. The van der Waals surface area contributed by atoms with E-state index in [4.69, 9.17) is 4.84 Å². The van der Waals surface area contributed by atoms with Gasteiger partial charge in [0.1, 0.15) is 24.2 Å². The molecular formula is C15H21NO5. The zero-order valence-electron chi connectivity index (χ0n) is 12.5. The molecule has 1 aliphatic carbocycles. The van der Waals surface area contributed by atoms with Crippen molar-refractivity contribution >= 4 is 23.2 Å².